The van der Waals surface area contributed by atoms with Crippen molar-refractivity contribution in [3.8, 4) is 22.7 Å². The molecule has 0 saturated heterocycles. The van der Waals surface area contributed by atoms with E-state index in [1.807, 2.05) is 0 Å². The van der Waals surface area contributed by atoms with Crippen molar-refractivity contribution >= 4 is 43.6 Å². The number of hydrogen-bond donors (Lipinski definition) is 0. The van der Waals surface area contributed by atoms with E-state index in [1.54, 1.807) is 0 Å². The summed E-state index contributed by atoms with van der Waals surface area (Å²) in [5, 5.41) is 4.97. The van der Waals surface area contributed by atoms with Crippen LogP contribution in [0, 0.1) is 13.8 Å². The molecule has 0 unspecified atom stereocenters. The van der Waals surface area contributed by atoms with Gasteiger partial charge in [0.05, 0.1) is 22.2 Å². The lowest BCUT2D eigenvalue weighted by atomic mass is 9.78. The van der Waals surface area contributed by atoms with Gasteiger partial charge in [-0.15, -0.1) is 0 Å². The van der Waals surface area contributed by atoms with Gasteiger partial charge in [-0.05, 0) is 83.0 Å². The molecule has 0 amide bonds. The van der Waals surface area contributed by atoms with E-state index in [0.29, 0.717) is 0 Å². The van der Waals surface area contributed by atoms with Crippen molar-refractivity contribution in [2.45, 2.75) is 66.2 Å². The molecule has 4 heteroatoms. The van der Waals surface area contributed by atoms with Gasteiger partial charge in [0.25, 0.3) is 5.82 Å². The van der Waals surface area contributed by atoms with Gasteiger partial charge in [-0.25, -0.2) is 0 Å². The molecule has 0 saturated carbocycles. The van der Waals surface area contributed by atoms with E-state index in [0.717, 1.165) is 22.9 Å². The summed E-state index contributed by atoms with van der Waals surface area (Å²) in [7, 11) is 0. The van der Waals surface area contributed by atoms with Crippen molar-refractivity contribution < 1.29 is 4.57 Å². The van der Waals surface area contributed by atoms with Crippen LogP contribution in [0.1, 0.15) is 64.1 Å². The average Bonchev–Trinajstić information content (AvgIpc) is 3.80. The van der Waals surface area contributed by atoms with Crippen LogP contribution in [0.25, 0.3) is 66.4 Å². The summed E-state index contributed by atoms with van der Waals surface area (Å²) in [5.41, 5.74) is 13.5. The first-order chi connectivity index (χ1) is 25.4. The molecule has 0 aliphatic heterocycles. The number of aromatic nitrogens is 4. The molecule has 6 aromatic carbocycles. The lowest BCUT2D eigenvalue weighted by Crippen LogP contribution is -2.35. The summed E-state index contributed by atoms with van der Waals surface area (Å²) in [6.45, 7) is 18.5. The van der Waals surface area contributed by atoms with E-state index in [1.165, 1.54) is 66.0 Å². The van der Waals surface area contributed by atoms with Crippen molar-refractivity contribution in [1.82, 2.24) is 13.7 Å². The Hall–Kier alpha value is -5.87. The Kier molecular flexibility index (Phi) is 7.36. The maximum Gasteiger partial charge on any atom is 0.263 e. The highest BCUT2D eigenvalue weighted by molar-refractivity contribution is 6.14. The fourth-order valence-electron chi connectivity index (χ4n) is 8.59. The fraction of sp³-hybridized carbons (Fsp3) is 0.204. The quantitative estimate of drug-likeness (QED) is 0.164. The number of hydrogen-bond acceptors (Lipinski definition) is 0. The number of benzene rings is 6. The molecule has 3 heterocycles. The van der Waals surface area contributed by atoms with Gasteiger partial charge in [0.1, 0.15) is 23.6 Å². The first-order valence-electron chi connectivity index (χ1n) is 18.8. The van der Waals surface area contributed by atoms with Crippen LogP contribution in [0.15, 0.2) is 140 Å². The largest absolute Gasteiger partial charge is 0.305 e. The monoisotopic (exact) mass is 691 g/mol. The Labute approximate surface area is 312 Å². The minimum absolute atomic E-state index is 0.00302. The van der Waals surface area contributed by atoms with Crippen LogP contribution in [0.4, 0.5) is 0 Å². The fourth-order valence-corrected chi connectivity index (χ4v) is 8.59. The molecule has 0 aliphatic carbocycles. The van der Waals surface area contributed by atoms with Crippen molar-refractivity contribution in [2.24, 2.45) is 0 Å². The molecule has 9 aromatic rings. The smallest absolute Gasteiger partial charge is 0.263 e. The molecule has 0 N–H and O–H groups in total. The van der Waals surface area contributed by atoms with Gasteiger partial charge in [0.15, 0.2) is 5.69 Å². The third-order valence-electron chi connectivity index (χ3n) is 11.2. The highest BCUT2D eigenvalue weighted by Gasteiger charge is 2.31. The normalized spacial score (nSPS) is 12.5. The summed E-state index contributed by atoms with van der Waals surface area (Å²) in [5.74, 6) is 1.14. The third kappa shape index (κ3) is 5.07. The van der Waals surface area contributed by atoms with Crippen LogP contribution in [0.5, 0.6) is 0 Å². The Balaban J connectivity index is 1.44. The number of para-hydroxylation sites is 4. The van der Waals surface area contributed by atoms with Crippen molar-refractivity contribution in [3.05, 3.63) is 162 Å². The summed E-state index contributed by atoms with van der Waals surface area (Å²) in [4.78, 5) is 0. The van der Waals surface area contributed by atoms with E-state index in [2.05, 4.69) is 213 Å². The Morgan fingerprint density at radius 1 is 0.509 bits per heavy atom. The zero-order chi connectivity index (χ0) is 36.8. The highest BCUT2D eigenvalue weighted by atomic mass is 15.2. The Bertz CT molecular complexity index is 2810. The second-order valence-electron chi connectivity index (χ2n) is 16.6. The lowest BCUT2D eigenvalue weighted by molar-refractivity contribution is -0.600. The lowest BCUT2D eigenvalue weighted by Gasteiger charge is -2.27. The summed E-state index contributed by atoms with van der Waals surface area (Å²) >= 11 is 0. The molecule has 0 aliphatic rings. The zero-order valence-corrected chi connectivity index (χ0v) is 32.1. The first kappa shape index (κ1) is 33.0. The molecule has 0 atom stereocenters. The van der Waals surface area contributed by atoms with E-state index in [9.17, 15) is 0 Å². The van der Waals surface area contributed by atoms with Gasteiger partial charge in [0.2, 0.25) is 0 Å². The van der Waals surface area contributed by atoms with Crippen LogP contribution < -0.4 is 4.57 Å². The van der Waals surface area contributed by atoms with Crippen LogP contribution in [0.2, 0.25) is 0 Å². The van der Waals surface area contributed by atoms with Gasteiger partial charge < -0.3 is 9.13 Å². The van der Waals surface area contributed by atoms with E-state index in [-0.39, 0.29) is 10.8 Å². The average molecular weight is 692 g/mol. The Morgan fingerprint density at radius 2 is 1.06 bits per heavy atom. The molecule has 53 heavy (non-hydrogen) atoms. The van der Waals surface area contributed by atoms with Crippen molar-refractivity contribution in [3.63, 3.8) is 0 Å². The summed E-state index contributed by atoms with van der Waals surface area (Å²) in [6.07, 6.45) is 4.54. The second-order valence-corrected chi connectivity index (χ2v) is 16.6. The standard InChI is InChI=1S/C49H47N4/c1-32-40(49(6,7)8)30-34(48(3,4)5)31-45(32)50-28-29-51(33(50)2)47-44(53-42-24-16-12-20-36(42)37-21-13-17-25-43(37)53)27-26-39-38-22-14-15-23-41(38)52(46(39)47)35-18-10-9-11-19-35/h9-31H,1-8H3/q+1. The van der Waals surface area contributed by atoms with Crippen molar-refractivity contribution in [2.75, 3.05) is 0 Å². The molecule has 9 rings (SSSR count). The predicted molar refractivity (Wildman–Crippen MR) is 223 cm³/mol. The molecule has 0 fully saturated rings. The molecule has 0 bridgehead atoms. The number of rotatable bonds is 4. The summed E-state index contributed by atoms with van der Waals surface area (Å²) < 4.78 is 9.77. The van der Waals surface area contributed by atoms with Gasteiger partial charge >= 0.3 is 0 Å². The van der Waals surface area contributed by atoms with E-state index < -0.39 is 0 Å². The molecule has 0 spiro atoms. The van der Waals surface area contributed by atoms with Crippen LogP contribution >= 0.6 is 0 Å². The van der Waals surface area contributed by atoms with Gasteiger partial charge in [-0.3, -0.25) is 0 Å². The molecule has 3 aromatic heterocycles. The van der Waals surface area contributed by atoms with E-state index in [4.69, 9.17) is 0 Å². The van der Waals surface area contributed by atoms with E-state index >= 15 is 0 Å². The molecule has 4 nitrogen and oxygen atoms in total. The maximum atomic E-state index is 2.47. The van der Waals surface area contributed by atoms with Gasteiger partial charge in [0, 0.05) is 34.2 Å². The second kappa shape index (κ2) is 11.8. The third-order valence-corrected chi connectivity index (χ3v) is 11.2. The predicted octanol–water partition coefficient (Wildman–Crippen LogP) is 12.2. The van der Waals surface area contributed by atoms with Crippen LogP contribution in [-0.4, -0.2) is 13.7 Å². The van der Waals surface area contributed by atoms with Gasteiger partial charge in [-0.1, -0.05) is 120 Å². The van der Waals surface area contributed by atoms with Crippen molar-refractivity contribution in [1.29, 1.82) is 0 Å². The molecule has 262 valence electrons. The highest BCUT2D eigenvalue weighted by Crippen LogP contribution is 2.41. The molecular formula is C49H47N4+. The number of fused-ring (bicyclic) bond motifs is 6. The van der Waals surface area contributed by atoms with Gasteiger partial charge in [-0.2, -0.15) is 9.13 Å². The molecule has 0 radical (unpaired) electrons. The topological polar surface area (TPSA) is 18.7 Å². The molecular weight excluding hydrogens is 645 g/mol. The summed E-state index contributed by atoms with van der Waals surface area (Å²) in [6, 6.07) is 46.8. The Morgan fingerprint density at radius 3 is 1.64 bits per heavy atom. The maximum absolute atomic E-state index is 2.47. The SMILES string of the molecule is Cc1c(-n2cc[n+](-c3c(-n4c5ccccc5c5ccccc54)ccc4c5ccccc5n(-c5ccccc5)c34)c2C)cc(C(C)(C)C)cc1C(C)(C)C. The number of nitrogens with zero attached hydrogens (tertiary/aromatic N) is 4. The number of imidazole rings is 1. The van der Waals surface area contributed by atoms with Crippen LogP contribution in [-0.2, 0) is 10.8 Å². The minimum Gasteiger partial charge on any atom is -0.305 e. The zero-order valence-electron chi connectivity index (χ0n) is 32.1. The van der Waals surface area contributed by atoms with Crippen LogP contribution in [0.3, 0.4) is 0 Å². The first-order valence-corrected chi connectivity index (χ1v) is 18.8. The minimum atomic E-state index is 0.00302.